The molecule has 0 spiro atoms. The van der Waals surface area contributed by atoms with Gasteiger partial charge in [-0.15, -0.1) is 0 Å². The van der Waals surface area contributed by atoms with Gasteiger partial charge in [0, 0.05) is 5.38 Å². The second kappa shape index (κ2) is 6.17. The first-order valence-electron chi connectivity index (χ1n) is 6.67. The Balaban J connectivity index is 3.19. The minimum absolute atomic E-state index is 0.245. The lowest BCUT2D eigenvalue weighted by Crippen LogP contribution is -2.52. The smallest absolute Gasteiger partial charge is 0.344 e. The second-order valence-corrected chi connectivity index (χ2v) is 9.02. The van der Waals surface area contributed by atoms with E-state index in [0.717, 1.165) is 11.3 Å². The largest absolute Gasteiger partial charge is 0.459 e. The molecule has 0 unspecified atom stereocenters. The summed E-state index contributed by atoms with van der Waals surface area (Å²) < 4.78 is 32.4. The molecule has 0 aliphatic rings. The van der Waals surface area contributed by atoms with E-state index in [1.165, 1.54) is 26.2 Å². The maximum atomic E-state index is 12.5. The first-order chi connectivity index (χ1) is 10.2. The Hall–Kier alpha value is -1.52. The molecule has 10 heteroatoms. The summed E-state index contributed by atoms with van der Waals surface area (Å²) in [5.41, 5.74) is -2.12. The van der Waals surface area contributed by atoms with Crippen molar-refractivity contribution in [1.82, 2.24) is 4.72 Å². The van der Waals surface area contributed by atoms with Gasteiger partial charge in [0.15, 0.2) is 4.90 Å². The van der Waals surface area contributed by atoms with Gasteiger partial charge >= 0.3 is 11.0 Å². The van der Waals surface area contributed by atoms with E-state index in [0.29, 0.717) is 0 Å². The van der Waals surface area contributed by atoms with E-state index in [9.17, 15) is 23.3 Å². The predicted molar refractivity (Wildman–Crippen MR) is 86.0 cm³/mol. The SMILES string of the molecule is Cc1csc([N+](=O)[O-])c1S(=O)(=O)NC(C)(C)C(=O)OC(C)(C)C. The summed E-state index contributed by atoms with van der Waals surface area (Å²) in [6.45, 7) is 9.10. The van der Waals surface area contributed by atoms with Crippen LogP contribution in [0.1, 0.15) is 40.2 Å². The summed E-state index contributed by atoms with van der Waals surface area (Å²) in [4.78, 5) is 22.0. The number of hydrogen-bond acceptors (Lipinski definition) is 7. The highest BCUT2D eigenvalue weighted by Crippen LogP contribution is 2.34. The number of sulfonamides is 1. The van der Waals surface area contributed by atoms with Crippen molar-refractivity contribution in [3.63, 3.8) is 0 Å². The average Bonchev–Trinajstić information content (AvgIpc) is 2.68. The lowest BCUT2D eigenvalue weighted by atomic mass is 10.1. The molecule has 0 bridgehead atoms. The zero-order valence-electron chi connectivity index (χ0n) is 13.8. The molecule has 0 fully saturated rings. The lowest BCUT2D eigenvalue weighted by Gasteiger charge is -2.28. The number of nitrogens with zero attached hydrogens (tertiary/aromatic N) is 1. The Morgan fingerprint density at radius 2 is 1.83 bits per heavy atom. The van der Waals surface area contributed by atoms with Crippen molar-refractivity contribution in [2.24, 2.45) is 0 Å². The van der Waals surface area contributed by atoms with Gasteiger partial charge in [-0.3, -0.25) is 14.9 Å². The number of nitro groups is 1. The Morgan fingerprint density at radius 3 is 2.26 bits per heavy atom. The van der Waals surface area contributed by atoms with Crippen LogP contribution >= 0.6 is 11.3 Å². The molecule has 1 aromatic heterocycles. The summed E-state index contributed by atoms with van der Waals surface area (Å²) in [6, 6.07) is 0. The molecule has 1 aromatic rings. The third-order valence-corrected chi connectivity index (χ3v) is 5.64. The fraction of sp³-hybridized carbons (Fsp3) is 0.615. The van der Waals surface area contributed by atoms with E-state index >= 15 is 0 Å². The quantitative estimate of drug-likeness (QED) is 0.487. The van der Waals surface area contributed by atoms with Crippen LogP contribution in [0.15, 0.2) is 10.3 Å². The van der Waals surface area contributed by atoms with Crippen LogP contribution < -0.4 is 4.72 Å². The number of ether oxygens (including phenoxy) is 1. The van der Waals surface area contributed by atoms with Crippen molar-refractivity contribution in [3.8, 4) is 0 Å². The molecular formula is C13H20N2O6S2. The molecule has 0 radical (unpaired) electrons. The van der Waals surface area contributed by atoms with Gasteiger partial charge in [-0.05, 0) is 47.1 Å². The van der Waals surface area contributed by atoms with Crippen molar-refractivity contribution >= 4 is 32.3 Å². The molecule has 0 amide bonds. The van der Waals surface area contributed by atoms with E-state index in [2.05, 4.69) is 4.72 Å². The Bertz CT molecular complexity index is 728. The molecule has 8 nitrogen and oxygen atoms in total. The van der Waals surface area contributed by atoms with E-state index in [-0.39, 0.29) is 5.56 Å². The first kappa shape index (κ1) is 19.5. The number of carbonyl (C=O) groups excluding carboxylic acids is 1. The van der Waals surface area contributed by atoms with Crippen LogP contribution in [-0.4, -0.2) is 30.5 Å². The fourth-order valence-electron chi connectivity index (χ4n) is 1.71. The summed E-state index contributed by atoms with van der Waals surface area (Å²) in [7, 11) is -4.26. The van der Waals surface area contributed by atoms with Crippen molar-refractivity contribution in [3.05, 3.63) is 21.1 Å². The Kier molecular flexibility index (Phi) is 5.24. The molecule has 1 N–H and O–H groups in total. The van der Waals surface area contributed by atoms with Gasteiger partial charge in [0.05, 0.1) is 4.92 Å². The second-order valence-electron chi connectivity index (χ2n) is 6.54. The van der Waals surface area contributed by atoms with Gasteiger partial charge in [-0.25, -0.2) is 8.42 Å². The van der Waals surface area contributed by atoms with Crippen LogP contribution in [0.3, 0.4) is 0 Å². The molecule has 23 heavy (non-hydrogen) atoms. The molecule has 0 saturated carbocycles. The van der Waals surface area contributed by atoms with E-state index in [1.807, 2.05) is 0 Å². The third-order valence-electron chi connectivity index (χ3n) is 2.63. The minimum atomic E-state index is -4.26. The molecule has 0 saturated heterocycles. The minimum Gasteiger partial charge on any atom is -0.459 e. The Morgan fingerprint density at radius 1 is 1.30 bits per heavy atom. The number of hydrogen-bond donors (Lipinski definition) is 1. The molecule has 130 valence electrons. The Labute approximate surface area is 139 Å². The molecule has 1 rings (SSSR count). The number of nitrogens with one attached hydrogen (secondary N) is 1. The molecular weight excluding hydrogens is 344 g/mol. The van der Waals surface area contributed by atoms with Crippen molar-refractivity contribution in [2.75, 3.05) is 0 Å². The monoisotopic (exact) mass is 364 g/mol. The van der Waals surface area contributed by atoms with Crippen LogP contribution in [0, 0.1) is 17.0 Å². The van der Waals surface area contributed by atoms with E-state index in [1.54, 1.807) is 20.8 Å². The number of rotatable bonds is 5. The summed E-state index contributed by atoms with van der Waals surface area (Å²) in [6.07, 6.45) is 0. The standard InChI is InChI=1S/C13H20N2O6S2/c1-8-7-22-10(15(17)18)9(8)23(19,20)14-13(5,6)11(16)21-12(2,3)4/h7,14H,1-6H3. The predicted octanol–water partition coefficient (Wildman–Crippen LogP) is 2.36. The van der Waals surface area contributed by atoms with Crippen LogP contribution in [0.2, 0.25) is 0 Å². The van der Waals surface area contributed by atoms with E-state index in [4.69, 9.17) is 4.74 Å². The number of carbonyl (C=O) groups is 1. The fourth-order valence-corrected chi connectivity index (χ4v) is 4.66. The van der Waals surface area contributed by atoms with Crippen LogP contribution in [0.5, 0.6) is 0 Å². The number of thiophene rings is 1. The molecule has 0 aliphatic heterocycles. The van der Waals surface area contributed by atoms with Gasteiger partial charge in [0.1, 0.15) is 11.1 Å². The molecule has 0 atom stereocenters. The van der Waals surface area contributed by atoms with Crippen molar-refractivity contribution in [1.29, 1.82) is 0 Å². The summed E-state index contributed by atoms with van der Waals surface area (Å²) in [5.74, 6) is -0.774. The summed E-state index contributed by atoms with van der Waals surface area (Å²) in [5, 5.41) is 11.9. The highest BCUT2D eigenvalue weighted by atomic mass is 32.2. The maximum Gasteiger partial charge on any atom is 0.344 e. The zero-order chi connectivity index (χ0) is 18.2. The van der Waals surface area contributed by atoms with Gasteiger partial charge < -0.3 is 4.74 Å². The highest BCUT2D eigenvalue weighted by molar-refractivity contribution is 7.90. The van der Waals surface area contributed by atoms with Gasteiger partial charge in [0.2, 0.25) is 10.0 Å². The van der Waals surface area contributed by atoms with Crippen LogP contribution in [-0.2, 0) is 19.6 Å². The number of esters is 1. The van der Waals surface area contributed by atoms with Gasteiger partial charge in [-0.1, -0.05) is 11.3 Å². The third kappa shape index (κ3) is 4.72. The maximum absolute atomic E-state index is 12.5. The van der Waals surface area contributed by atoms with Crippen LogP contribution in [0.4, 0.5) is 5.00 Å². The summed E-state index contributed by atoms with van der Waals surface area (Å²) >= 11 is 0.721. The molecule has 0 aromatic carbocycles. The number of aryl methyl sites for hydroxylation is 1. The van der Waals surface area contributed by atoms with Crippen LogP contribution in [0.25, 0.3) is 0 Å². The zero-order valence-corrected chi connectivity index (χ0v) is 15.4. The normalized spacial score (nSPS) is 13.0. The highest BCUT2D eigenvalue weighted by Gasteiger charge is 2.40. The first-order valence-corrected chi connectivity index (χ1v) is 9.03. The van der Waals surface area contributed by atoms with Gasteiger partial charge in [0.25, 0.3) is 0 Å². The molecule has 0 aliphatic carbocycles. The van der Waals surface area contributed by atoms with Crippen molar-refractivity contribution in [2.45, 2.75) is 57.6 Å². The topological polar surface area (TPSA) is 116 Å². The average molecular weight is 364 g/mol. The van der Waals surface area contributed by atoms with E-state index < -0.39 is 42.0 Å². The lowest BCUT2D eigenvalue weighted by molar-refractivity contribution is -0.383. The van der Waals surface area contributed by atoms with Gasteiger partial charge in [-0.2, -0.15) is 4.72 Å². The van der Waals surface area contributed by atoms with Crippen molar-refractivity contribution < 1.29 is 22.9 Å². The molecule has 1 heterocycles.